The Labute approximate surface area is 142 Å². The second-order valence-corrected chi connectivity index (χ2v) is 7.18. The Morgan fingerprint density at radius 1 is 1.39 bits per heavy atom. The molecule has 0 unspecified atom stereocenters. The number of imidazole rings is 1. The molecule has 2 heterocycles. The molecule has 126 valence electrons. The molecule has 0 aromatic carbocycles. The van der Waals surface area contributed by atoms with E-state index in [0.717, 1.165) is 0 Å². The predicted octanol–water partition coefficient (Wildman–Crippen LogP) is 1.87. The second kappa shape index (κ2) is 7.35. The van der Waals surface area contributed by atoms with Crippen molar-refractivity contribution in [1.29, 1.82) is 0 Å². The number of H-pyrrole nitrogens is 1. The number of sulfonamides is 1. The average Bonchev–Trinajstić information content (AvgIpc) is 3.04. The predicted molar refractivity (Wildman–Crippen MR) is 84.8 cm³/mol. The number of carbonyl (C=O) groups is 1. The van der Waals surface area contributed by atoms with Gasteiger partial charge in [0.05, 0.1) is 12.2 Å². The molecule has 0 saturated heterocycles. The first-order valence-electron chi connectivity index (χ1n) is 6.59. The van der Waals surface area contributed by atoms with Gasteiger partial charge in [-0.3, -0.25) is 10.2 Å². The summed E-state index contributed by atoms with van der Waals surface area (Å²) < 4.78 is 28.2. The van der Waals surface area contributed by atoms with Crippen LogP contribution in [0.4, 0.5) is 0 Å². The Bertz CT molecular complexity index is 780. The summed E-state index contributed by atoms with van der Waals surface area (Å²) >= 11 is 11.5. The van der Waals surface area contributed by atoms with E-state index in [2.05, 4.69) is 15.4 Å². The van der Waals surface area contributed by atoms with Gasteiger partial charge in [0.15, 0.2) is 10.9 Å². The van der Waals surface area contributed by atoms with Gasteiger partial charge < -0.3 is 9.40 Å². The fraction of sp³-hybridized carbons (Fsp3) is 0.333. The van der Waals surface area contributed by atoms with E-state index in [1.165, 1.54) is 6.07 Å². The number of halogens is 2. The maximum Gasteiger partial charge on any atom is 0.301 e. The summed E-state index contributed by atoms with van der Waals surface area (Å²) in [5, 5.41) is 0.369. The van der Waals surface area contributed by atoms with Gasteiger partial charge in [-0.05, 0) is 18.6 Å². The number of hydrazine groups is 1. The van der Waals surface area contributed by atoms with Gasteiger partial charge in [-0.1, -0.05) is 30.1 Å². The number of nitrogens with zero attached hydrogens (tertiary/aromatic N) is 1. The molecule has 23 heavy (non-hydrogen) atoms. The Kier molecular flexibility index (Phi) is 5.69. The van der Waals surface area contributed by atoms with Crippen LogP contribution in [0, 0.1) is 0 Å². The lowest BCUT2D eigenvalue weighted by Gasteiger charge is -2.05. The summed E-state index contributed by atoms with van der Waals surface area (Å²) in [6.45, 7) is 1.72. The molecule has 8 nitrogen and oxygen atoms in total. The molecule has 0 aliphatic carbocycles. The van der Waals surface area contributed by atoms with Crippen molar-refractivity contribution in [1.82, 2.24) is 20.2 Å². The molecule has 0 saturated carbocycles. The molecule has 1 amide bonds. The van der Waals surface area contributed by atoms with Gasteiger partial charge in [0.2, 0.25) is 10.0 Å². The molecule has 0 bridgehead atoms. The summed E-state index contributed by atoms with van der Waals surface area (Å²) in [6, 6.07) is 2.99. The number of carbonyl (C=O) groups excluding carboxylic acids is 1. The smallest absolute Gasteiger partial charge is 0.301 e. The fourth-order valence-electron chi connectivity index (χ4n) is 1.72. The van der Waals surface area contributed by atoms with E-state index in [1.54, 1.807) is 13.0 Å². The summed E-state index contributed by atoms with van der Waals surface area (Å²) in [5.41, 5.74) is 2.08. The molecule has 2 rings (SSSR count). The van der Waals surface area contributed by atoms with Crippen LogP contribution in [0.25, 0.3) is 0 Å². The molecule has 0 radical (unpaired) electrons. The number of hydrogen-bond acceptors (Lipinski definition) is 5. The normalized spacial score (nSPS) is 11.6. The molecule has 0 atom stereocenters. The fourth-order valence-corrected chi connectivity index (χ4v) is 2.91. The number of aromatic amines is 1. The van der Waals surface area contributed by atoms with Crippen LogP contribution in [0.1, 0.15) is 35.5 Å². The van der Waals surface area contributed by atoms with E-state index in [9.17, 15) is 13.2 Å². The highest BCUT2D eigenvalue weighted by Crippen LogP contribution is 2.20. The second-order valence-electron chi connectivity index (χ2n) is 4.61. The van der Waals surface area contributed by atoms with E-state index >= 15 is 0 Å². The van der Waals surface area contributed by atoms with Gasteiger partial charge in [-0.25, -0.2) is 13.4 Å². The average molecular weight is 381 g/mol. The molecule has 0 spiro atoms. The Morgan fingerprint density at radius 3 is 2.74 bits per heavy atom. The third-order valence-corrected chi connectivity index (χ3v) is 4.69. The molecule has 0 aliphatic heterocycles. The zero-order valence-corrected chi connectivity index (χ0v) is 14.3. The third-order valence-electron chi connectivity index (χ3n) is 2.69. The molecule has 11 heteroatoms. The molecule has 3 N–H and O–H groups in total. The van der Waals surface area contributed by atoms with Crippen LogP contribution in [0.15, 0.2) is 16.5 Å². The zero-order valence-electron chi connectivity index (χ0n) is 12.0. The van der Waals surface area contributed by atoms with Crippen LogP contribution < -0.4 is 10.3 Å². The number of hydrogen-bond donors (Lipinski definition) is 3. The number of amides is 1. The Morgan fingerprint density at radius 2 is 2.13 bits per heavy atom. The standard InChI is InChI=1S/C12H14Cl2N4O4S/c1-2-5-23(20,21)18-17-12(19)8-4-3-7(22-8)6-9-15-10(13)11(14)16-9/h3-4,18H,2,5-6H2,1H3,(H,15,16)(H,17,19). The van der Waals surface area contributed by atoms with Crippen molar-refractivity contribution in [3.63, 3.8) is 0 Å². The van der Waals surface area contributed by atoms with E-state index in [4.69, 9.17) is 27.6 Å². The van der Waals surface area contributed by atoms with E-state index in [1.807, 2.05) is 4.83 Å². The highest BCUT2D eigenvalue weighted by molar-refractivity contribution is 7.89. The maximum absolute atomic E-state index is 11.8. The number of furan rings is 1. The van der Waals surface area contributed by atoms with Crippen molar-refractivity contribution in [2.24, 2.45) is 0 Å². The van der Waals surface area contributed by atoms with Crippen molar-refractivity contribution in [3.8, 4) is 0 Å². The van der Waals surface area contributed by atoms with Gasteiger partial charge in [0.1, 0.15) is 16.7 Å². The summed E-state index contributed by atoms with van der Waals surface area (Å²) in [6.07, 6.45) is 0.686. The number of nitrogens with one attached hydrogen (secondary N) is 3. The first-order valence-corrected chi connectivity index (χ1v) is 9.00. The highest BCUT2D eigenvalue weighted by Gasteiger charge is 2.16. The lowest BCUT2D eigenvalue weighted by atomic mass is 10.3. The topological polar surface area (TPSA) is 117 Å². The van der Waals surface area contributed by atoms with Gasteiger partial charge in [-0.15, -0.1) is 4.83 Å². The lowest BCUT2D eigenvalue weighted by molar-refractivity contribution is 0.0915. The van der Waals surface area contributed by atoms with E-state index in [-0.39, 0.29) is 28.2 Å². The number of rotatable bonds is 7. The van der Waals surface area contributed by atoms with Crippen molar-refractivity contribution in [2.45, 2.75) is 19.8 Å². The van der Waals surface area contributed by atoms with Crippen LogP contribution in [-0.4, -0.2) is 30.0 Å². The maximum atomic E-state index is 11.8. The minimum absolute atomic E-state index is 0.0389. The molecular formula is C12H14Cl2N4O4S. The molecular weight excluding hydrogens is 367 g/mol. The van der Waals surface area contributed by atoms with Crippen molar-refractivity contribution in [2.75, 3.05) is 5.75 Å². The molecule has 2 aromatic heterocycles. The summed E-state index contributed by atoms with van der Waals surface area (Å²) in [7, 11) is -3.55. The molecule has 0 aliphatic rings. The zero-order chi connectivity index (χ0) is 17.0. The molecule has 0 fully saturated rings. The van der Waals surface area contributed by atoms with Crippen molar-refractivity contribution in [3.05, 3.63) is 39.8 Å². The van der Waals surface area contributed by atoms with E-state index < -0.39 is 15.9 Å². The summed E-state index contributed by atoms with van der Waals surface area (Å²) in [4.78, 5) is 20.5. The minimum atomic E-state index is -3.55. The largest absolute Gasteiger partial charge is 0.455 e. The summed E-state index contributed by atoms with van der Waals surface area (Å²) in [5.74, 6) is 0.0875. The van der Waals surface area contributed by atoms with Crippen LogP contribution in [-0.2, 0) is 16.4 Å². The first kappa shape index (κ1) is 17.8. The van der Waals surface area contributed by atoms with Gasteiger partial charge >= 0.3 is 5.91 Å². The number of aromatic nitrogens is 2. The quantitative estimate of drug-likeness (QED) is 0.633. The first-order chi connectivity index (χ1) is 10.8. The Balaban J connectivity index is 1.97. The van der Waals surface area contributed by atoms with Gasteiger partial charge in [0.25, 0.3) is 0 Å². The van der Waals surface area contributed by atoms with Crippen LogP contribution in [0.3, 0.4) is 0 Å². The van der Waals surface area contributed by atoms with E-state index in [0.29, 0.717) is 18.0 Å². The minimum Gasteiger partial charge on any atom is -0.455 e. The third kappa shape index (κ3) is 4.96. The van der Waals surface area contributed by atoms with Gasteiger partial charge in [-0.2, -0.15) is 0 Å². The lowest BCUT2D eigenvalue weighted by Crippen LogP contribution is -2.42. The van der Waals surface area contributed by atoms with Crippen LogP contribution in [0.2, 0.25) is 10.3 Å². The highest BCUT2D eigenvalue weighted by atomic mass is 35.5. The molecule has 2 aromatic rings. The van der Waals surface area contributed by atoms with Gasteiger partial charge in [0, 0.05) is 0 Å². The van der Waals surface area contributed by atoms with Crippen molar-refractivity contribution >= 4 is 39.1 Å². The van der Waals surface area contributed by atoms with Crippen LogP contribution in [0.5, 0.6) is 0 Å². The van der Waals surface area contributed by atoms with Crippen molar-refractivity contribution < 1.29 is 17.6 Å². The van der Waals surface area contributed by atoms with Crippen LogP contribution >= 0.6 is 23.2 Å². The Hall–Kier alpha value is -1.55. The monoisotopic (exact) mass is 380 g/mol. The SMILES string of the molecule is CCCS(=O)(=O)NNC(=O)c1ccc(Cc2nc(Cl)c(Cl)[nH]2)o1.